The van der Waals surface area contributed by atoms with E-state index in [-0.39, 0.29) is 17.9 Å². The zero-order chi connectivity index (χ0) is 8.77. The molecule has 1 aromatic carbocycles. The summed E-state index contributed by atoms with van der Waals surface area (Å²) < 4.78 is 1.17. The van der Waals surface area contributed by atoms with E-state index >= 15 is 0 Å². The summed E-state index contributed by atoms with van der Waals surface area (Å²) >= 11 is 3.47. The SMILES string of the molecule is CC1(C)NCc2cc(Br)ccc21.Cl. The van der Waals surface area contributed by atoms with Crippen LogP contribution in [0.2, 0.25) is 0 Å². The van der Waals surface area contributed by atoms with Crippen LogP contribution < -0.4 is 5.32 Å². The lowest BCUT2D eigenvalue weighted by atomic mass is 9.95. The Hall–Kier alpha value is -0.0500. The van der Waals surface area contributed by atoms with Gasteiger partial charge in [0.15, 0.2) is 0 Å². The van der Waals surface area contributed by atoms with Gasteiger partial charge >= 0.3 is 0 Å². The van der Waals surface area contributed by atoms with Crippen LogP contribution in [0.1, 0.15) is 25.0 Å². The minimum Gasteiger partial charge on any atom is -0.304 e. The summed E-state index contributed by atoms with van der Waals surface area (Å²) in [6, 6.07) is 6.49. The molecule has 0 aliphatic carbocycles. The molecule has 0 bridgehead atoms. The quantitative estimate of drug-likeness (QED) is 0.757. The molecule has 0 atom stereocenters. The average molecular weight is 263 g/mol. The summed E-state index contributed by atoms with van der Waals surface area (Å²) in [6.45, 7) is 5.42. The van der Waals surface area contributed by atoms with E-state index < -0.39 is 0 Å². The third-order valence-corrected chi connectivity index (χ3v) is 2.95. The van der Waals surface area contributed by atoms with E-state index in [9.17, 15) is 0 Å². The van der Waals surface area contributed by atoms with Gasteiger partial charge in [0.1, 0.15) is 0 Å². The highest BCUT2D eigenvalue weighted by Gasteiger charge is 2.28. The van der Waals surface area contributed by atoms with E-state index in [1.54, 1.807) is 0 Å². The molecule has 0 saturated heterocycles. The lowest BCUT2D eigenvalue weighted by Crippen LogP contribution is -2.28. The van der Waals surface area contributed by atoms with Gasteiger partial charge in [0.2, 0.25) is 0 Å². The van der Waals surface area contributed by atoms with Crippen LogP contribution in [0.5, 0.6) is 0 Å². The maximum atomic E-state index is 3.47. The van der Waals surface area contributed by atoms with Crippen molar-refractivity contribution in [3.05, 3.63) is 33.8 Å². The highest BCUT2D eigenvalue weighted by Crippen LogP contribution is 2.31. The highest BCUT2D eigenvalue weighted by atomic mass is 79.9. The lowest BCUT2D eigenvalue weighted by molar-refractivity contribution is 0.442. The Morgan fingerprint density at radius 3 is 2.77 bits per heavy atom. The van der Waals surface area contributed by atoms with E-state index in [2.05, 4.69) is 53.3 Å². The number of rotatable bonds is 0. The zero-order valence-corrected chi connectivity index (χ0v) is 10.1. The van der Waals surface area contributed by atoms with E-state index in [1.807, 2.05) is 0 Å². The fraction of sp³-hybridized carbons (Fsp3) is 0.400. The van der Waals surface area contributed by atoms with Crippen LogP contribution in [0, 0.1) is 0 Å². The molecule has 0 spiro atoms. The van der Waals surface area contributed by atoms with Gasteiger partial charge in [-0.15, -0.1) is 12.4 Å². The second-order valence-corrected chi connectivity index (χ2v) is 4.70. The van der Waals surface area contributed by atoms with Crippen molar-refractivity contribution in [3.8, 4) is 0 Å². The minimum atomic E-state index is 0. The van der Waals surface area contributed by atoms with Crippen LogP contribution in [-0.4, -0.2) is 0 Å². The van der Waals surface area contributed by atoms with Crippen LogP contribution in [0.4, 0.5) is 0 Å². The molecule has 1 heterocycles. The van der Waals surface area contributed by atoms with Crippen molar-refractivity contribution in [2.45, 2.75) is 25.9 Å². The number of hydrogen-bond donors (Lipinski definition) is 1. The van der Waals surface area contributed by atoms with Gasteiger partial charge in [-0.05, 0) is 37.1 Å². The molecule has 13 heavy (non-hydrogen) atoms. The van der Waals surface area contributed by atoms with Crippen molar-refractivity contribution in [3.63, 3.8) is 0 Å². The first kappa shape index (κ1) is 11.0. The molecule has 0 fully saturated rings. The molecule has 0 aromatic heterocycles. The number of benzene rings is 1. The molecule has 0 amide bonds. The Kier molecular flexibility index (Phi) is 3.05. The Balaban J connectivity index is 0.000000845. The molecular weight excluding hydrogens is 249 g/mol. The van der Waals surface area contributed by atoms with Crippen molar-refractivity contribution in [1.29, 1.82) is 0 Å². The van der Waals surface area contributed by atoms with Crippen LogP contribution >= 0.6 is 28.3 Å². The third kappa shape index (κ3) is 1.90. The molecule has 1 N–H and O–H groups in total. The highest BCUT2D eigenvalue weighted by molar-refractivity contribution is 9.10. The van der Waals surface area contributed by atoms with Crippen LogP contribution in [0.25, 0.3) is 0 Å². The summed E-state index contributed by atoms with van der Waals surface area (Å²) in [5, 5.41) is 3.47. The summed E-state index contributed by atoms with van der Waals surface area (Å²) in [5.74, 6) is 0. The van der Waals surface area contributed by atoms with Gasteiger partial charge in [-0.25, -0.2) is 0 Å². The normalized spacial score (nSPS) is 17.8. The smallest absolute Gasteiger partial charge is 0.0383 e. The Morgan fingerprint density at radius 1 is 1.38 bits per heavy atom. The van der Waals surface area contributed by atoms with E-state index in [0.717, 1.165) is 6.54 Å². The first-order chi connectivity index (χ1) is 5.59. The first-order valence-corrected chi connectivity index (χ1v) is 4.93. The molecular formula is C10H13BrClN. The molecule has 1 aliphatic heterocycles. The molecule has 0 saturated carbocycles. The molecule has 72 valence electrons. The summed E-state index contributed by atoms with van der Waals surface area (Å²) in [4.78, 5) is 0. The van der Waals surface area contributed by atoms with Crippen molar-refractivity contribution < 1.29 is 0 Å². The topological polar surface area (TPSA) is 12.0 Å². The minimum absolute atomic E-state index is 0. The van der Waals surface area contributed by atoms with Gasteiger partial charge in [-0.2, -0.15) is 0 Å². The molecule has 2 rings (SSSR count). The second-order valence-electron chi connectivity index (χ2n) is 3.78. The van der Waals surface area contributed by atoms with E-state index in [4.69, 9.17) is 0 Å². The summed E-state index contributed by atoms with van der Waals surface area (Å²) in [5.41, 5.74) is 2.98. The molecule has 3 heteroatoms. The molecule has 0 radical (unpaired) electrons. The van der Waals surface area contributed by atoms with Crippen molar-refractivity contribution in [2.24, 2.45) is 0 Å². The Morgan fingerprint density at radius 2 is 2.08 bits per heavy atom. The molecule has 1 nitrogen and oxygen atoms in total. The van der Waals surface area contributed by atoms with Gasteiger partial charge in [0, 0.05) is 16.6 Å². The zero-order valence-electron chi connectivity index (χ0n) is 7.73. The van der Waals surface area contributed by atoms with Gasteiger partial charge < -0.3 is 5.32 Å². The van der Waals surface area contributed by atoms with E-state index in [1.165, 1.54) is 15.6 Å². The van der Waals surface area contributed by atoms with E-state index in [0.29, 0.717) is 0 Å². The monoisotopic (exact) mass is 261 g/mol. The fourth-order valence-corrected chi connectivity index (χ4v) is 2.14. The van der Waals surface area contributed by atoms with Gasteiger partial charge in [0.25, 0.3) is 0 Å². The van der Waals surface area contributed by atoms with Crippen LogP contribution in [0.15, 0.2) is 22.7 Å². The predicted molar refractivity (Wildman–Crippen MR) is 61.3 cm³/mol. The number of halogens is 2. The summed E-state index contributed by atoms with van der Waals surface area (Å²) in [7, 11) is 0. The second kappa shape index (κ2) is 3.60. The molecule has 1 aromatic rings. The molecule has 1 aliphatic rings. The van der Waals surface area contributed by atoms with Crippen molar-refractivity contribution in [2.75, 3.05) is 0 Å². The molecule has 0 unspecified atom stereocenters. The fourth-order valence-electron chi connectivity index (χ4n) is 1.73. The largest absolute Gasteiger partial charge is 0.304 e. The number of fused-ring (bicyclic) bond motifs is 1. The maximum Gasteiger partial charge on any atom is 0.0383 e. The Bertz CT molecular complexity index is 323. The van der Waals surface area contributed by atoms with Gasteiger partial charge in [0.05, 0.1) is 0 Å². The third-order valence-electron chi connectivity index (χ3n) is 2.46. The standard InChI is InChI=1S/C10H12BrN.ClH/c1-10(2)9-4-3-8(11)5-7(9)6-12-10;/h3-5,12H,6H2,1-2H3;1H. The van der Waals surface area contributed by atoms with Crippen molar-refractivity contribution in [1.82, 2.24) is 5.32 Å². The Labute approximate surface area is 93.5 Å². The van der Waals surface area contributed by atoms with Crippen LogP contribution in [-0.2, 0) is 12.1 Å². The number of hydrogen-bond acceptors (Lipinski definition) is 1. The average Bonchev–Trinajstić information content (AvgIpc) is 2.27. The lowest BCUT2D eigenvalue weighted by Gasteiger charge is -2.19. The number of nitrogens with one attached hydrogen (secondary N) is 1. The van der Waals surface area contributed by atoms with Crippen molar-refractivity contribution >= 4 is 28.3 Å². The summed E-state index contributed by atoms with van der Waals surface area (Å²) in [6.07, 6.45) is 0. The maximum absolute atomic E-state index is 3.47. The first-order valence-electron chi connectivity index (χ1n) is 4.13. The predicted octanol–water partition coefficient (Wildman–Crippen LogP) is 3.21. The van der Waals surface area contributed by atoms with Gasteiger partial charge in [-0.1, -0.05) is 22.0 Å². The van der Waals surface area contributed by atoms with Gasteiger partial charge in [-0.3, -0.25) is 0 Å². The van der Waals surface area contributed by atoms with Crippen LogP contribution in [0.3, 0.4) is 0 Å².